The quantitative estimate of drug-likeness (QED) is 0.869. The van der Waals surface area contributed by atoms with Crippen molar-refractivity contribution in [1.82, 2.24) is 5.32 Å². The molecule has 1 atom stereocenters. The first-order chi connectivity index (χ1) is 9.78. The number of ether oxygens (including phenoxy) is 1. The molecule has 1 saturated heterocycles. The fraction of sp³-hybridized carbons (Fsp3) is 0.600. The zero-order valence-electron chi connectivity index (χ0n) is 11.5. The highest BCUT2D eigenvalue weighted by atomic mass is 35.5. The number of aliphatic hydroxyl groups is 1. The van der Waals surface area contributed by atoms with Gasteiger partial charge in [-0.1, -0.05) is 17.7 Å². The van der Waals surface area contributed by atoms with E-state index >= 15 is 0 Å². The third-order valence-corrected chi connectivity index (χ3v) is 4.28. The van der Waals surface area contributed by atoms with Crippen LogP contribution < -0.4 is 10.2 Å². The Morgan fingerprint density at radius 3 is 3.00 bits per heavy atom. The lowest BCUT2D eigenvalue weighted by Gasteiger charge is -2.35. The summed E-state index contributed by atoms with van der Waals surface area (Å²) < 4.78 is 5.52. The van der Waals surface area contributed by atoms with Crippen LogP contribution in [0.4, 0.5) is 5.69 Å². The molecular formula is C15H21ClN2O2. The summed E-state index contributed by atoms with van der Waals surface area (Å²) in [7, 11) is 0. The van der Waals surface area contributed by atoms with Gasteiger partial charge >= 0.3 is 0 Å². The molecule has 4 nitrogen and oxygen atoms in total. The van der Waals surface area contributed by atoms with Crippen LogP contribution in [0, 0.1) is 0 Å². The van der Waals surface area contributed by atoms with Crippen LogP contribution in [0.1, 0.15) is 18.4 Å². The predicted octanol–water partition coefficient (Wildman–Crippen LogP) is 1.79. The van der Waals surface area contributed by atoms with Gasteiger partial charge in [-0.05, 0) is 25.0 Å². The lowest BCUT2D eigenvalue weighted by molar-refractivity contribution is 0.00352. The highest BCUT2D eigenvalue weighted by Crippen LogP contribution is 2.30. The molecule has 1 aliphatic carbocycles. The van der Waals surface area contributed by atoms with Crippen LogP contribution in [0.25, 0.3) is 0 Å². The summed E-state index contributed by atoms with van der Waals surface area (Å²) in [5.41, 5.74) is 2.31. The van der Waals surface area contributed by atoms with E-state index in [0.717, 1.165) is 29.4 Å². The molecular weight excluding hydrogens is 276 g/mol. The van der Waals surface area contributed by atoms with E-state index in [1.54, 1.807) is 0 Å². The number of morpholine rings is 1. The van der Waals surface area contributed by atoms with Crippen LogP contribution in [0.2, 0.25) is 5.02 Å². The van der Waals surface area contributed by atoms with Crippen molar-refractivity contribution in [2.24, 2.45) is 0 Å². The topological polar surface area (TPSA) is 44.7 Å². The van der Waals surface area contributed by atoms with Gasteiger partial charge in [0, 0.05) is 41.9 Å². The average molecular weight is 297 g/mol. The highest BCUT2D eigenvalue weighted by molar-refractivity contribution is 6.31. The van der Waals surface area contributed by atoms with Crippen LogP contribution in [0.5, 0.6) is 0 Å². The average Bonchev–Trinajstić information content (AvgIpc) is 3.30. The van der Waals surface area contributed by atoms with Crippen molar-refractivity contribution in [2.75, 3.05) is 31.2 Å². The van der Waals surface area contributed by atoms with Crippen LogP contribution in [0.3, 0.4) is 0 Å². The van der Waals surface area contributed by atoms with E-state index in [-0.39, 0.29) is 12.7 Å². The van der Waals surface area contributed by atoms with Gasteiger partial charge in [0.1, 0.15) is 0 Å². The van der Waals surface area contributed by atoms with Gasteiger partial charge in [-0.3, -0.25) is 0 Å². The van der Waals surface area contributed by atoms with Gasteiger partial charge in [0.25, 0.3) is 0 Å². The number of anilines is 1. The van der Waals surface area contributed by atoms with Crippen molar-refractivity contribution >= 4 is 17.3 Å². The molecule has 1 unspecified atom stereocenters. The van der Waals surface area contributed by atoms with Gasteiger partial charge in [0.05, 0.1) is 19.3 Å². The summed E-state index contributed by atoms with van der Waals surface area (Å²) in [6.07, 6.45) is 2.43. The SMILES string of the molecule is OCC1CN(c2cccc(Cl)c2CNC2CC2)CCO1. The minimum absolute atomic E-state index is 0.0622. The maximum atomic E-state index is 9.27. The normalized spacial score (nSPS) is 23.1. The maximum absolute atomic E-state index is 9.27. The second-order valence-corrected chi connectivity index (χ2v) is 5.92. The van der Waals surface area contributed by atoms with Gasteiger partial charge in [-0.2, -0.15) is 0 Å². The lowest BCUT2D eigenvalue weighted by Crippen LogP contribution is -2.44. The molecule has 3 rings (SSSR count). The third kappa shape index (κ3) is 3.26. The number of hydrogen-bond donors (Lipinski definition) is 2. The number of halogens is 1. The monoisotopic (exact) mass is 296 g/mol. The van der Waals surface area contributed by atoms with Crippen molar-refractivity contribution in [3.8, 4) is 0 Å². The summed E-state index contributed by atoms with van der Waals surface area (Å²) in [6, 6.07) is 6.70. The molecule has 1 aromatic carbocycles. The summed E-state index contributed by atoms with van der Waals surface area (Å²) in [5, 5.41) is 13.6. The van der Waals surface area contributed by atoms with E-state index in [1.807, 2.05) is 12.1 Å². The van der Waals surface area contributed by atoms with Crippen LogP contribution in [-0.2, 0) is 11.3 Å². The number of benzene rings is 1. The smallest absolute Gasteiger partial charge is 0.0980 e. The Bertz CT molecular complexity index is 465. The second-order valence-electron chi connectivity index (χ2n) is 5.51. The molecule has 1 saturated carbocycles. The first-order valence-electron chi connectivity index (χ1n) is 7.26. The van der Waals surface area contributed by atoms with Crippen LogP contribution in [0.15, 0.2) is 18.2 Å². The van der Waals surface area contributed by atoms with E-state index < -0.39 is 0 Å². The van der Waals surface area contributed by atoms with Gasteiger partial charge in [0.2, 0.25) is 0 Å². The molecule has 0 radical (unpaired) electrons. The highest BCUT2D eigenvalue weighted by Gasteiger charge is 2.24. The fourth-order valence-corrected chi connectivity index (χ4v) is 2.84. The first kappa shape index (κ1) is 14.1. The Balaban J connectivity index is 1.77. The van der Waals surface area contributed by atoms with E-state index in [1.165, 1.54) is 12.8 Å². The van der Waals surface area contributed by atoms with Crippen molar-refractivity contribution < 1.29 is 9.84 Å². The number of aliphatic hydroxyl groups excluding tert-OH is 1. The van der Waals surface area contributed by atoms with Crippen molar-refractivity contribution in [2.45, 2.75) is 31.5 Å². The number of hydrogen-bond acceptors (Lipinski definition) is 4. The Hall–Kier alpha value is -0.810. The molecule has 0 bridgehead atoms. The second kappa shape index (κ2) is 6.31. The van der Waals surface area contributed by atoms with Gasteiger partial charge in [-0.25, -0.2) is 0 Å². The zero-order chi connectivity index (χ0) is 13.9. The maximum Gasteiger partial charge on any atom is 0.0980 e. The van der Waals surface area contributed by atoms with Crippen LogP contribution >= 0.6 is 11.6 Å². The molecule has 0 amide bonds. The fourth-order valence-electron chi connectivity index (χ4n) is 2.60. The Labute approximate surface area is 124 Å². The Morgan fingerprint density at radius 2 is 2.25 bits per heavy atom. The Kier molecular flexibility index (Phi) is 4.46. The zero-order valence-corrected chi connectivity index (χ0v) is 12.3. The standard InChI is InChI=1S/C15H21ClN2O2/c16-14-2-1-3-15(13(14)8-17-11-4-5-11)18-6-7-20-12(9-18)10-19/h1-3,11-12,17,19H,4-10H2. The molecule has 1 aliphatic heterocycles. The van der Waals surface area contributed by atoms with Crippen molar-refractivity contribution in [1.29, 1.82) is 0 Å². The molecule has 0 aromatic heterocycles. The molecule has 2 N–H and O–H groups in total. The molecule has 1 heterocycles. The minimum atomic E-state index is -0.105. The summed E-state index contributed by atoms with van der Waals surface area (Å²) >= 11 is 6.38. The number of rotatable bonds is 5. The first-order valence-corrected chi connectivity index (χ1v) is 7.64. The van der Waals surface area contributed by atoms with E-state index in [0.29, 0.717) is 19.2 Å². The predicted molar refractivity (Wildman–Crippen MR) is 80.4 cm³/mol. The van der Waals surface area contributed by atoms with Crippen molar-refractivity contribution in [3.05, 3.63) is 28.8 Å². The summed E-state index contributed by atoms with van der Waals surface area (Å²) in [5.74, 6) is 0. The summed E-state index contributed by atoms with van der Waals surface area (Å²) in [4.78, 5) is 2.26. The number of nitrogens with zero attached hydrogens (tertiary/aromatic N) is 1. The lowest BCUT2D eigenvalue weighted by atomic mass is 10.1. The minimum Gasteiger partial charge on any atom is -0.394 e. The van der Waals surface area contributed by atoms with Crippen LogP contribution in [-0.4, -0.2) is 43.6 Å². The van der Waals surface area contributed by atoms with Gasteiger partial charge in [0.15, 0.2) is 0 Å². The molecule has 20 heavy (non-hydrogen) atoms. The van der Waals surface area contributed by atoms with Crippen molar-refractivity contribution in [3.63, 3.8) is 0 Å². The third-order valence-electron chi connectivity index (χ3n) is 3.92. The molecule has 110 valence electrons. The molecule has 2 aliphatic rings. The van der Waals surface area contributed by atoms with E-state index in [2.05, 4.69) is 16.3 Å². The molecule has 0 spiro atoms. The largest absolute Gasteiger partial charge is 0.394 e. The van der Waals surface area contributed by atoms with Gasteiger partial charge < -0.3 is 20.1 Å². The summed E-state index contributed by atoms with van der Waals surface area (Å²) in [6.45, 7) is 3.07. The molecule has 1 aromatic rings. The molecule has 2 fully saturated rings. The van der Waals surface area contributed by atoms with Gasteiger partial charge in [-0.15, -0.1) is 0 Å². The van der Waals surface area contributed by atoms with E-state index in [4.69, 9.17) is 16.3 Å². The molecule has 5 heteroatoms. The Morgan fingerprint density at radius 1 is 1.40 bits per heavy atom. The van der Waals surface area contributed by atoms with E-state index in [9.17, 15) is 5.11 Å². The number of nitrogens with one attached hydrogen (secondary N) is 1.